The van der Waals surface area contributed by atoms with E-state index in [1.165, 1.54) is 4.90 Å². The highest BCUT2D eigenvalue weighted by Gasteiger charge is 2.46. The zero-order chi connectivity index (χ0) is 15.1. The molecule has 0 aromatic carbocycles. The number of carboxylic acids is 1. The van der Waals surface area contributed by atoms with Crippen LogP contribution >= 0.6 is 0 Å². The zero-order valence-electron chi connectivity index (χ0n) is 12.4. The molecule has 0 aromatic rings. The number of aliphatic hydroxyl groups is 1. The Hall–Kier alpha value is -1.30. The normalized spacial score (nSPS) is 29.4. The minimum absolute atomic E-state index is 0.158. The van der Waals surface area contributed by atoms with Crippen LogP contribution in [0.15, 0.2) is 0 Å². The standard InChI is InChI=1S/C14H24N2O4/c1-4-16(14(2,3)12(18)19)13(20)15-7-9-5-6-11(17)10(9)8-15/h9-11,17H,4-8H2,1-3H3,(H,18,19). The summed E-state index contributed by atoms with van der Waals surface area (Å²) in [7, 11) is 0. The van der Waals surface area contributed by atoms with Crippen LogP contribution in [0.4, 0.5) is 4.79 Å². The Kier molecular flexibility index (Phi) is 3.95. The molecule has 2 rings (SSSR count). The molecule has 3 atom stereocenters. The maximum Gasteiger partial charge on any atom is 0.329 e. The van der Waals surface area contributed by atoms with Gasteiger partial charge in [-0.3, -0.25) is 0 Å². The van der Waals surface area contributed by atoms with Crippen molar-refractivity contribution in [2.75, 3.05) is 19.6 Å². The number of rotatable bonds is 3. The summed E-state index contributed by atoms with van der Waals surface area (Å²) in [5, 5.41) is 19.2. The summed E-state index contributed by atoms with van der Waals surface area (Å²) in [4.78, 5) is 27.0. The predicted molar refractivity (Wildman–Crippen MR) is 73.3 cm³/mol. The first-order valence-corrected chi connectivity index (χ1v) is 7.27. The molecule has 1 heterocycles. The van der Waals surface area contributed by atoms with Crippen molar-refractivity contribution in [2.45, 2.75) is 45.3 Å². The fourth-order valence-corrected chi connectivity index (χ4v) is 3.45. The van der Waals surface area contributed by atoms with Crippen LogP contribution < -0.4 is 0 Å². The number of hydrogen-bond acceptors (Lipinski definition) is 3. The molecule has 20 heavy (non-hydrogen) atoms. The van der Waals surface area contributed by atoms with Gasteiger partial charge in [-0.05, 0) is 39.5 Å². The van der Waals surface area contributed by atoms with Crippen LogP contribution in [-0.2, 0) is 4.79 Å². The molecule has 1 saturated heterocycles. The van der Waals surface area contributed by atoms with E-state index in [2.05, 4.69) is 0 Å². The molecule has 0 aromatic heterocycles. The van der Waals surface area contributed by atoms with Crippen molar-refractivity contribution in [3.63, 3.8) is 0 Å². The van der Waals surface area contributed by atoms with Crippen molar-refractivity contribution < 1.29 is 19.8 Å². The van der Waals surface area contributed by atoms with E-state index in [0.717, 1.165) is 12.8 Å². The van der Waals surface area contributed by atoms with Gasteiger partial charge in [0.2, 0.25) is 0 Å². The first kappa shape index (κ1) is 15.1. The number of hydrogen-bond donors (Lipinski definition) is 2. The molecular formula is C14H24N2O4. The second-order valence-corrected chi connectivity index (χ2v) is 6.36. The molecule has 6 nitrogen and oxygen atoms in total. The van der Waals surface area contributed by atoms with Gasteiger partial charge in [-0.15, -0.1) is 0 Å². The quantitative estimate of drug-likeness (QED) is 0.810. The smallest absolute Gasteiger partial charge is 0.329 e. The third-order valence-corrected chi connectivity index (χ3v) is 4.83. The third-order valence-electron chi connectivity index (χ3n) is 4.83. The molecule has 1 saturated carbocycles. The Morgan fingerprint density at radius 2 is 1.95 bits per heavy atom. The molecular weight excluding hydrogens is 260 g/mol. The van der Waals surface area contributed by atoms with Crippen LogP contribution in [0.25, 0.3) is 0 Å². The van der Waals surface area contributed by atoms with E-state index in [1.54, 1.807) is 25.7 Å². The number of amides is 2. The number of carbonyl (C=O) groups excluding carboxylic acids is 1. The second-order valence-electron chi connectivity index (χ2n) is 6.36. The van der Waals surface area contributed by atoms with E-state index in [9.17, 15) is 19.8 Å². The first-order valence-electron chi connectivity index (χ1n) is 7.27. The van der Waals surface area contributed by atoms with Gasteiger partial charge in [0, 0.05) is 25.6 Å². The van der Waals surface area contributed by atoms with Gasteiger partial charge >= 0.3 is 12.0 Å². The summed E-state index contributed by atoms with van der Waals surface area (Å²) in [5.41, 5.74) is -1.22. The first-order chi connectivity index (χ1) is 9.28. The maximum absolute atomic E-state index is 12.6. The minimum Gasteiger partial charge on any atom is -0.480 e. The summed E-state index contributed by atoms with van der Waals surface area (Å²) in [6.45, 7) is 6.40. The van der Waals surface area contributed by atoms with Crippen LogP contribution in [-0.4, -0.2) is 63.3 Å². The summed E-state index contributed by atoms with van der Waals surface area (Å²) in [6.07, 6.45) is 1.44. The Morgan fingerprint density at radius 3 is 2.45 bits per heavy atom. The molecule has 114 valence electrons. The highest BCUT2D eigenvalue weighted by Crippen LogP contribution is 2.38. The van der Waals surface area contributed by atoms with Gasteiger partial charge < -0.3 is 20.0 Å². The number of likely N-dealkylation sites (tertiary alicyclic amines) is 1. The number of fused-ring (bicyclic) bond motifs is 1. The van der Waals surface area contributed by atoms with E-state index < -0.39 is 11.5 Å². The lowest BCUT2D eigenvalue weighted by atomic mass is 10.00. The van der Waals surface area contributed by atoms with E-state index >= 15 is 0 Å². The van der Waals surface area contributed by atoms with Gasteiger partial charge in [-0.25, -0.2) is 9.59 Å². The number of carbonyl (C=O) groups is 2. The van der Waals surface area contributed by atoms with Crippen LogP contribution in [0.1, 0.15) is 33.6 Å². The topological polar surface area (TPSA) is 81.1 Å². The fraction of sp³-hybridized carbons (Fsp3) is 0.857. The molecule has 1 aliphatic carbocycles. The van der Waals surface area contributed by atoms with Crippen molar-refractivity contribution in [3.05, 3.63) is 0 Å². The largest absolute Gasteiger partial charge is 0.480 e. The van der Waals surface area contributed by atoms with Crippen LogP contribution in [0, 0.1) is 11.8 Å². The Morgan fingerprint density at radius 1 is 1.30 bits per heavy atom. The monoisotopic (exact) mass is 284 g/mol. The van der Waals surface area contributed by atoms with Crippen molar-refractivity contribution in [2.24, 2.45) is 11.8 Å². The van der Waals surface area contributed by atoms with E-state index in [-0.39, 0.29) is 18.1 Å². The number of carboxylic acid groups (broad SMARTS) is 1. The SMILES string of the molecule is CCN(C(=O)N1CC2CCC(O)C2C1)C(C)(C)C(=O)O. The minimum atomic E-state index is -1.22. The fourth-order valence-electron chi connectivity index (χ4n) is 3.45. The van der Waals surface area contributed by atoms with Crippen molar-refractivity contribution in [1.82, 2.24) is 9.80 Å². The summed E-state index contributed by atoms with van der Waals surface area (Å²) in [5.74, 6) is -0.488. The summed E-state index contributed by atoms with van der Waals surface area (Å²) in [6, 6.07) is -0.235. The second kappa shape index (κ2) is 5.24. The van der Waals surface area contributed by atoms with Crippen molar-refractivity contribution in [3.8, 4) is 0 Å². The Balaban J connectivity index is 2.09. The van der Waals surface area contributed by atoms with Crippen molar-refractivity contribution >= 4 is 12.0 Å². The molecule has 2 fully saturated rings. The van der Waals surface area contributed by atoms with Gasteiger partial charge in [-0.1, -0.05) is 0 Å². The Bertz CT molecular complexity index is 410. The average Bonchev–Trinajstić information content (AvgIpc) is 2.92. The molecule has 2 N–H and O–H groups in total. The van der Waals surface area contributed by atoms with Crippen LogP contribution in [0.2, 0.25) is 0 Å². The highest BCUT2D eigenvalue weighted by molar-refractivity contribution is 5.85. The van der Waals surface area contributed by atoms with Gasteiger partial charge in [0.1, 0.15) is 5.54 Å². The predicted octanol–water partition coefficient (Wildman–Crippen LogP) is 0.994. The number of likely N-dealkylation sites (N-methyl/N-ethyl adjacent to an activating group) is 1. The molecule has 6 heteroatoms. The maximum atomic E-state index is 12.6. The number of aliphatic carboxylic acids is 1. The lowest BCUT2D eigenvalue weighted by Gasteiger charge is -2.37. The number of aliphatic hydroxyl groups excluding tert-OH is 1. The number of urea groups is 1. The lowest BCUT2D eigenvalue weighted by molar-refractivity contribution is -0.147. The van der Waals surface area contributed by atoms with Crippen molar-refractivity contribution in [1.29, 1.82) is 0 Å². The lowest BCUT2D eigenvalue weighted by Crippen LogP contribution is -2.56. The molecule has 2 aliphatic rings. The molecule has 1 aliphatic heterocycles. The zero-order valence-corrected chi connectivity index (χ0v) is 12.4. The molecule has 0 radical (unpaired) electrons. The van der Waals surface area contributed by atoms with E-state index in [4.69, 9.17) is 0 Å². The summed E-state index contributed by atoms with van der Waals surface area (Å²) < 4.78 is 0. The van der Waals surface area contributed by atoms with Gasteiger partial charge in [0.05, 0.1) is 6.10 Å². The van der Waals surface area contributed by atoms with Crippen LogP contribution in [0.5, 0.6) is 0 Å². The molecule has 0 bridgehead atoms. The van der Waals surface area contributed by atoms with Crippen LogP contribution in [0.3, 0.4) is 0 Å². The molecule has 3 unspecified atom stereocenters. The highest BCUT2D eigenvalue weighted by atomic mass is 16.4. The third kappa shape index (κ3) is 2.37. The van der Waals surface area contributed by atoms with E-state index in [1.807, 2.05) is 0 Å². The van der Waals surface area contributed by atoms with E-state index in [0.29, 0.717) is 25.6 Å². The molecule has 0 spiro atoms. The van der Waals surface area contributed by atoms with Gasteiger partial charge in [0.25, 0.3) is 0 Å². The number of nitrogens with zero attached hydrogens (tertiary/aromatic N) is 2. The summed E-state index contributed by atoms with van der Waals surface area (Å²) >= 11 is 0. The Labute approximate surface area is 119 Å². The average molecular weight is 284 g/mol. The molecule has 2 amide bonds. The van der Waals surface area contributed by atoms with Gasteiger partial charge in [-0.2, -0.15) is 0 Å². The van der Waals surface area contributed by atoms with Gasteiger partial charge in [0.15, 0.2) is 0 Å².